The number of H-pyrrole nitrogens is 1. The first kappa shape index (κ1) is 15.8. The number of amides is 1. The van der Waals surface area contributed by atoms with Gasteiger partial charge in [0.05, 0.1) is 16.7 Å². The van der Waals surface area contributed by atoms with Crippen molar-refractivity contribution >= 4 is 44.9 Å². The number of nitrogens with one attached hydrogen (secondary N) is 3. The molecule has 0 radical (unpaired) electrons. The number of carbonyl (C=O) groups is 1. The van der Waals surface area contributed by atoms with Crippen LogP contribution in [0.1, 0.15) is 22.2 Å². The van der Waals surface area contributed by atoms with E-state index in [9.17, 15) is 4.79 Å². The largest absolute Gasteiger partial charge is 0.362 e. The van der Waals surface area contributed by atoms with Gasteiger partial charge in [0.15, 0.2) is 5.13 Å². The van der Waals surface area contributed by atoms with Crippen LogP contribution in [0.4, 0.5) is 5.13 Å². The molecule has 0 spiro atoms. The number of halogens is 1. The van der Waals surface area contributed by atoms with Gasteiger partial charge >= 0.3 is 0 Å². The molecule has 0 aliphatic heterocycles. The van der Waals surface area contributed by atoms with Gasteiger partial charge < -0.3 is 15.6 Å². The maximum absolute atomic E-state index is 12.1. The molecular weight excluding hydrogens is 332 g/mol. The molecule has 0 saturated carbocycles. The second-order valence-electron chi connectivity index (χ2n) is 5.04. The highest BCUT2D eigenvalue weighted by atomic mass is 35.5. The first-order valence-electron chi connectivity index (χ1n) is 7.41. The number of hydrogen-bond acceptors (Lipinski definition) is 4. The summed E-state index contributed by atoms with van der Waals surface area (Å²) in [4.78, 5) is 20.1. The Morgan fingerprint density at radius 2 is 2.30 bits per heavy atom. The minimum Gasteiger partial charge on any atom is -0.362 e. The number of benzene rings is 1. The molecule has 0 saturated heterocycles. The molecule has 1 amide bonds. The number of thiazole rings is 1. The molecule has 3 N–H and O–H groups in total. The molecule has 0 atom stereocenters. The topological polar surface area (TPSA) is 69.8 Å². The van der Waals surface area contributed by atoms with Crippen molar-refractivity contribution in [1.29, 1.82) is 0 Å². The summed E-state index contributed by atoms with van der Waals surface area (Å²) in [6.07, 6.45) is 4.28. The summed E-state index contributed by atoms with van der Waals surface area (Å²) in [5, 5.41) is 8.60. The van der Waals surface area contributed by atoms with E-state index in [1.54, 1.807) is 6.20 Å². The molecule has 0 unspecified atom stereocenters. The van der Waals surface area contributed by atoms with Crippen molar-refractivity contribution in [1.82, 2.24) is 15.3 Å². The summed E-state index contributed by atoms with van der Waals surface area (Å²) < 4.78 is 0. The Balaban J connectivity index is 1.59. The zero-order valence-corrected chi connectivity index (χ0v) is 14.2. The molecule has 2 heterocycles. The number of fused-ring (bicyclic) bond motifs is 1. The first-order chi connectivity index (χ1) is 11.2. The molecule has 7 heteroatoms. The van der Waals surface area contributed by atoms with Crippen molar-refractivity contribution in [2.45, 2.75) is 13.3 Å². The minimum absolute atomic E-state index is 0.0930. The lowest BCUT2D eigenvalue weighted by atomic mass is 10.1. The summed E-state index contributed by atoms with van der Waals surface area (Å²) in [5.74, 6) is -0.0930. The molecule has 0 aliphatic carbocycles. The van der Waals surface area contributed by atoms with E-state index < -0.39 is 0 Å². The quantitative estimate of drug-likeness (QED) is 0.636. The summed E-state index contributed by atoms with van der Waals surface area (Å²) in [5.41, 5.74) is 2.08. The fourth-order valence-electron chi connectivity index (χ4n) is 2.39. The molecule has 3 rings (SSSR count). The van der Waals surface area contributed by atoms with Gasteiger partial charge in [-0.15, -0.1) is 0 Å². The fourth-order valence-corrected chi connectivity index (χ4v) is 3.42. The Morgan fingerprint density at radius 1 is 1.43 bits per heavy atom. The predicted octanol–water partition coefficient (Wildman–Crippen LogP) is 3.68. The zero-order valence-electron chi connectivity index (χ0n) is 12.6. The third-order valence-corrected chi connectivity index (χ3v) is 4.76. The first-order valence-corrected chi connectivity index (χ1v) is 8.61. The van der Waals surface area contributed by atoms with Crippen molar-refractivity contribution in [2.75, 3.05) is 18.4 Å². The number of anilines is 1. The van der Waals surface area contributed by atoms with Gasteiger partial charge in [0.1, 0.15) is 4.88 Å². The van der Waals surface area contributed by atoms with Crippen LogP contribution in [0.25, 0.3) is 10.9 Å². The van der Waals surface area contributed by atoms with E-state index in [1.165, 1.54) is 11.3 Å². The molecule has 1 aromatic carbocycles. The lowest BCUT2D eigenvalue weighted by Gasteiger charge is -2.03. The van der Waals surface area contributed by atoms with Gasteiger partial charge in [-0.25, -0.2) is 4.98 Å². The highest BCUT2D eigenvalue weighted by Crippen LogP contribution is 2.25. The molecule has 2 aromatic heterocycles. The van der Waals surface area contributed by atoms with Gasteiger partial charge in [-0.05, 0) is 25.0 Å². The van der Waals surface area contributed by atoms with Crippen molar-refractivity contribution in [3.63, 3.8) is 0 Å². The van der Waals surface area contributed by atoms with E-state index in [2.05, 4.69) is 20.6 Å². The van der Waals surface area contributed by atoms with Gasteiger partial charge in [-0.1, -0.05) is 35.1 Å². The van der Waals surface area contributed by atoms with E-state index >= 15 is 0 Å². The summed E-state index contributed by atoms with van der Waals surface area (Å²) in [6, 6.07) is 5.82. The monoisotopic (exact) mass is 348 g/mol. The van der Waals surface area contributed by atoms with E-state index in [-0.39, 0.29) is 5.91 Å². The average Bonchev–Trinajstić information content (AvgIpc) is 3.16. The number of aromatic amines is 1. The Labute approximate surface area is 143 Å². The Morgan fingerprint density at radius 3 is 3.13 bits per heavy atom. The SMILES string of the molecule is CCNc1ncc(C(=O)NCCc2c[nH]c3c(Cl)cccc23)s1. The summed E-state index contributed by atoms with van der Waals surface area (Å²) in [6.45, 7) is 3.35. The van der Waals surface area contributed by atoms with Gasteiger partial charge in [0.2, 0.25) is 0 Å². The number of aromatic nitrogens is 2. The number of nitrogens with zero attached hydrogens (tertiary/aromatic N) is 1. The van der Waals surface area contributed by atoms with Crippen LogP contribution >= 0.6 is 22.9 Å². The molecule has 3 aromatic rings. The smallest absolute Gasteiger partial charge is 0.263 e. The maximum atomic E-state index is 12.1. The molecule has 0 aliphatic rings. The molecule has 0 fully saturated rings. The number of carbonyl (C=O) groups excluding carboxylic acids is 1. The number of para-hydroxylation sites is 1. The van der Waals surface area contributed by atoms with Crippen molar-refractivity contribution < 1.29 is 4.79 Å². The van der Waals surface area contributed by atoms with Crippen LogP contribution in [-0.4, -0.2) is 29.0 Å². The van der Waals surface area contributed by atoms with Crippen LogP contribution in [-0.2, 0) is 6.42 Å². The van der Waals surface area contributed by atoms with E-state index in [4.69, 9.17) is 11.6 Å². The molecule has 120 valence electrons. The van der Waals surface area contributed by atoms with Gasteiger partial charge in [-0.3, -0.25) is 4.79 Å². The Kier molecular flexibility index (Phi) is 4.83. The highest BCUT2D eigenvalue weighted by molar-refractivity contribution is 7.17. The third-order valence-electron chi connectivity index (χ3n) is 3.49. The Bertz CT molecular complexity index is 826. The number of hydrogen-bond donors (Lipinski definition) is 3. The van der Waals surface area contributed by atoms with Gasteiger partial charge in [-0.2, -0.15) is 0 Å². The zero-order chi connectivity index (χ0) is 16.2. The highest BCUT2D eigenvalue weighted by Gasteiger charge is 2.11. The van der Waals surface area contributed by atoms with Crippen LogP contribution in [0.2, 0.25) is 5.02 Å². The third kappa shape index (κ3) is 3.48. The van der Waals surface area contributed by atoms with Gasteiger partial charge in [0.25, 0.3) is 5.91 Å². The lowest BCUT2D eigenvalue weighted by molar-refractivity contribution is 0.0958. The fraction of sp³-hybridized carbons (Fsp3) is 0.250. The van der Waals surface area contributed by atoms with Crippen molar-refractivity contribution in [3.05, 3.63) is 46.1 Å². The summed E-state index contributed by atoms with van der Waals surface area (Å²) in [7, 11) is 0. The second kappa shape index (κ2) is 7.02. The molecule has 5 nitrogen and oxygen atoms in total. The minimum atomic E-state index is -0.0930. The lowest BCUT2D eigenvalue weighted by Crippen LogP contribution is -2.24. The van der Waals surface area contributed by atoms with E-state index in [1.807, 2.05) is 31.3 Å². The predicted molar refractivity (Wildman–Crippen MR) is 95.6 cm³/mol. The van der Waals surface area contributed by atoms with Gasteiger partial charge in [0, 0.05) is 24.7 Å². The van der Waals surface area contributed by atoms with Crippen LogP contribution < -0.4 is 10.6 Å². The summed E-state index contributed by atoms with van der Waals surface area (Å²) >= 11 is 7.51. The maximum Gasteiger partial charge on any atom is 0.263 e. The van der Waals surface area contributed by atoms with E-state index in [0.717, 1.165) is 34.6 Å². The van der Waals surface area contributed by atoms with Crippen LogP contribution in [0.15, 0.2) is 30.6 Å². The molecular formula is C16H17ClN4OS. The van der Waals surface area contributed by atoms with Crippen LogP contribution in [0, 0.1) is 0 Å². The second-order valence-corrected chi connectivity index (χ2v) is 6.48. The Hall–Kier alpha value is -2.05. The average molecular weight is 349 g/mol. The molecule has 23 heavy (non-hydrogen) atoms. The van der Waals surface area contributed by atoms with Crippen molar-refractivity contribution in [2.24, 2.45) is 0 Å². The van der Waals surface area contributed by atoms with E-state index in [0.29, 0.717) is 16.4 Å². The normalized spacial score (nSPS) is 10.9. The standard InChI is InChI=1S/C16H17ClN4OS/c1-2-18-16-21-9-13(23-16)15(22)19-7-6-10-8-20-14-11(10)4-3-5-12(14)17/h3-5,8-9,20H,2,6-7H2,1H3,(H,18,21)(H,19,22). The van der Waals surface area contributed by atoms with Crippen molar-refractivity contribution in [3.8, 4) is 0 Å². The number of rotatable bonds is 6. The molecule has 0 bridgehead atoms. The van der Waals surface area contributed by atoms with Crippen LogP contribution in [0.5, 0.6) is 0 Å². The van der Waals surface area contributed by atoms with Crippen LogP contribution in [0.3, 0.4) is 0 Å².